The van der Waals surface area contributed by atoms with E-state index < -0.39 is 21.9 Å². The number of rotatable bonds is 8. The number of aromatic nitrogens is 2. The number of imidazole rings is 1. The number of nitrogens with one attached hydrogen (secondary N) is 1. The average Bonchev–Trinajstić information content (AvgIpc) is 3.29. The van der Waals surface area contributed by atoms with Gasteiger partial charge in [0.15, 0.2) is 0 Å². The van der Waals surface area contributed by atoms with Crippen LogP contribution in [0.4, 0.5) is 9.18 Å². The van der Waals surface area contributed by atoms with Crippen LogP contribution in [0.25, 0.3) is 11.1 Å². The number of nitrogens with zero attached hydrogens (tertiary/aromatic N) is 2. The molecule has 0 radical (unpaired) electrons. The standard InChI is InChI=1S/C22H26FN3O4S2/c1-5-30-22(27)25-32(28,29)21-19(12-18(31-21)10-14(2)3)16-6-7-17(20(23)11-16)13-26-9-8-24-15(26)4/h6-9,11-12,14H,5,10,13H2,1-4H3,(H,25,27). The Kier molecular flexibility index (Phi) is 7.35. The molecule has 10 heteroatoms. The van der Waals surface area contributed by atoms with Gasteiger partial charge in [0.25, 0.3) is 10.0 Å². The predicted molar refractivity (Wildman–Crippen MR) is 122 cm³/mol. The Morgan fingerprint density at radius 1 is 1.31 bits per heavy atom. The third kappa shape index (κ3) is 5.55. The fourth-order valence-electron chi connectivity index (χ4n) is 3.24. The van der Waals surface area contributed by atoms with Crippen molar-refractivity contribution in [3.63, 3.8) is 0 Å². The van der Waals surface area contributed by atoms with Crippen molar-refractivity contribution in [1.29, 1.82) is 0 Å². The van der Waals surface area contributed by atoms with Crippen LogP contribution in [-0.2, 0) is 27.7 Å². The molecule has 0 fully saturated rings. The van der Waals surface area contributed by atoms with Gasteiger partial charge in [-0.3, -0.25) is 0 Å². The van der Waals surface area contributed by atoms with Crippen LogP contribution in [0.1, 0.15) is 37.0 Å². The second-order valence-corrected chi connectivity index (χ2v) is 10.8. The van der Waals surface area contributed by atoms with Gasteiger partial charge in [-0.05, 0) is 43.9 Å². The first kappa shape index (κ1) is 23.9. The monoisotopic (exact) mass is 479 g/mol. The van der Waals surface area contributed by atoms with E-state index in [1.165, 1.54) is 6.07 Å². The van der Waals surface area contributed by atoms with Crippen molar-refractivity contribution in [2.45, 2.75) is 44.9 Å². The van der Waals surface area contributed by atoms with Crippen molar-refractivity contribution < 1.29 is 22.3 Å². The lowest BCUT2D eigenvalue weighted by molar-refractivity contribution is 0.158. The lowest BCUT2D eigenvalue weighted by Gasteiger charge is -2.10. The minimum atomic E-state index is -4.19. The number of carbonyl (C=O) groups is 1. The highest BCUT2D eigenvalue weighted by atomic mass is 32.2. The van der Waals surface area contributed by atoms with Gasteiger partial charge in [-0.15, -0.1) is 11.3 Å². The van der Waals surface area contributed by atoms with Crippen LogP contribution >= 0.6 is 11.3 Å². The molecule has 172 valence electrons. The summed E-state index contributed by atoms with van der Waals surface area (Å²) in [5.74, 6) is 0.615. The second kappa shape index (κ2) is 9.83. The summed E-state index contributed by atoms with van der Waals surface area (Å²) in [6.07, 6.45) is 3.03. The molecule has 0 saturated heterocycles. The summed E-state index contributed by atoms with van der Waals surface area (Å²) in [5.41, 5.74) is 1.23. The van der Waals surface area contributed by atoms with E-state index >= 15 is 0 Å². The molecule has 0 bridgehead atoms. The van der Waals surface area contributed by atoms with Crippen LogP contribution in [0, 0.1) is 18.7 Å². The highest BCUT2D eigenvalue weighted by molar-refractivity contribution is 7.92. The van der Waals surface area contributed by atoms with Gasteiger partial charge in [-0.2, -0.15) is 0 Å². The van der Waals surface area contributed by atoms with Crippen molar-refractivity contribution in [3.8, 4) is 11.1 Å². The zero-order valence-electron chi connectivity index (χ0n) is 18.4. The molecule has 2 heterocycles. The Morgan fingerprint density at radius 2 is 2.06 bits per heavy atom. The number of thiophene rings is 1. The summed E-state index contributed by atoms with van der Waals surface area (Å²) < 4.78 is 49.2. The van der Waals surface area contributed by atoms with Gasteiger partial charge in [-0.25, -0.2) is 27.3 Å². The molecule has 0 saturated carbocycles. The molecule has 1 aromatic carbocycles. The van der Waals surface area contributed by atoms with Crippen molar-refractivity contribution >= 4 is 27.5 Å². The molecule has 0 aliphatic rings. The van der Waals surface area contributed by atoms with Crippen LogP contribution in [0.5, 0.6) is 0 Å². The van der Waals surface area contributed by atoms with Crippen molar-refractivity contribution in [2.75, 3.05) is 6.61 Å². The Labute approximate surface area is 191 Å². The van der Waals surface area contributed by atoms with Crippen LogP contribution < -0.4 is 4.72 Å². The zero-order chi connectivity index (χ0) is 23.5. The number of ether oxygens (including phenoxy) is 1. The number of aryl methyl sites for hydroxylation is 1. The Bertz CT molecular complexity index is 1220. The second-order valence-electron chi connectivity index (χ2n) is 7.75. The number of hydrogen-bond donors (Lipinski definition) is 1. The first-order valence-corrected chi connectivity index (χ1v) is 12.5. The number of amides is 1. The molecular formula is C22H26FN3O4S2. The van der Waals surface area contributed by atoms with Gasteiger partial charge in [0.2, 0.25) is 0 Å². The molecule has 0 aliphatic carbocycles. The minimum absolute atomic E-state index is 0.0420. The van der Waals surface area contributed by atoms with Crippen LogP contribution in [0.2, 0.25) is 0 Å². The summed E-state index contributed by atoms with van der Waals surface area (Å²) in [6, 6.07) is 6.40. The van der Waals surface area contributed by atoms with Gasteiger partial charge in [0, 0.05) is 28.4 Å². The Balaban J connectivity index is 2.00. The molecule has 0 aliphatic heterocycles. The maximum Gasteiger partial charge on any atom is 0.421 e. The molecule has 0 unspecified atom stereocenters. The lowest BCUT2D eigenvalue weighted by Crippen LogP contribution is -2.30. The SMILES string of the molecule is CCOC(=O)NS(=O)(=O)c1sc(CC(C)C)cc1-c1ccc(Cn2ccnc2C)c(F)c1. The lowest BCUT2D eigenvalue weighted by atomic mass is 10.0. The number of hydrogen-bond acceptors (Lipinski definition) is 6. The largest absolute Gasteiger partial charge is 0.449 e. The van der Waals surface area contributed by atoms with E-state index in [-0.39, 0.29) is 10.8 Å². The summed E-state index contributed by atoms with van der Waals surface area (Å²) in [4.78, 5) is 16.7. The molecule has 1 amide bonds. The Hall–Kier alpha value is -2.72. The van der Waals surface area contributed by atoms with E-state index in [0.717, 1.165) is 22.0 Å². The van der Waals surface area contributed by atoms with Crippen molar-refractivity contribution in [2.24, 2.45) is 5.92 Å². The van der Waals surface area contributed by atoms with E-state index in [0.29, 0.717) is 35.6 Å². The molecule has 0 atom stereocenters. The maximum atomic E-state index is 14.9. The summed E-state index contributed by atoms with van der Waals surface area (Å²) >= 11 is 1.07. The van der Waals surface area contributed by atoms with Gasteiger partial charge in [0.05, 0.1) is 13.2 Å². The van der Waals surface area contributed by atoms with E-state index in [4.69, 9.17) is 4.74 Å². The highest BCUT2D eigenvalue weighted by Crippen LogP contribution is 2.37. The fraction of sp³-hybridized carbons (Fsp3) is 0.364. The Morgan fingerprint density at radius 3 is 2.66 bits per heavy atom. The van der Waals surface area contributed by atoms with E-state index in [9.17, 15) is 17.6 Å². The molecule has 3 rings (SSSR count). The van der Waals surface area contributed by atoms with Gasteiger partial charge in [-0.1, -0.05) is 26.0 Å². The number of carbonyl (C=O) groups excluding carboxylic acids is 1. The first-order valence-electron chi connectivity index (χ1n) is 10.2. The van der Waals surface area contributed by atoms with Crippen molar-refractivity contribution in [1.82, 2.24) is 14.3 Å². The fourth-order valence-corrected chi connectivity index (χ4v) is 6.08. The minimum Gasteiger partial charge on any atom is -0.449 e. The average molecular weight is 480 g/mol. The molecule has 1 N–H and O–H groups in total. The van der Waals surface area contributed by atoms with Gasteiger partial charge < -0.3 is 9.30 Å². The quantitative estimate of drug-likeness (QED) is 0.504. The molecule has 0 spiro atoms. The van der Waals surface area contributed by atoms with Crippen molar-refractivity contribution in [3.05, 3.63) is 58.7 Å². The molecule has 2 aromatic heterocycles. The molecular weight excluding hydrogens is 453 g/mol. The van der Waals surface area contributed by atoms with E-state index in [2.05, 4.69) is 4.98 Å². The predicted octanol–water partition coefficient (Wildman–Crippen LogP) is 4.74. The third-order valence-electron chi connectivity index (χ3n) is 4.72. The normalized spacial score (nSPS) is 11.7. The van der Waals surface area contributed by atoms with Crippen LogP contribution in [0.3, 0.4) is 0 Å². The first-order chi connectivity index (χ1) is 15.1. The number of sulfonamides is 1. The summed E-state index contributed by atoms with van der Waals surface area (Å²) in [6.45, 7) is 7.82. The number of benzene rings is 1. The number of halogens is 1. The summed E-state index contributed by atoms with van der Waals surface area (Å²) in [7, 11) is -4.19. The zero-order valence-corrected chi connectivity index (χ0v) is 20.0. The summed E-state index contributed by atoms with van der Waals surface area (Å²) in [5, 5.41) is 0. The van der Waals surface area contributed by atoms with Gasteiger partial charge in [0.1, 0.15) is 15.9 Å². The third-order valence-corrected chi connectivity index (χ3v) is 7.73. The van der Waals surface area contributed by atoms with Crippen LogP contribution in [-0.4, -0.2) is 30.7 Å². The van der Waals surface area contributed by atoms with Gasteiger partial charge >= 0.3 is 6.09 Å². The van der Waals surface area contributed by atoms with Crippen LogP contribution in [0.15, 0.2) is 40.9 Å². The molecule has 32 heavy (non-hydrogen) atoms. The highest BCUT2D eigenvalue weighted by Gasteiger charge is 2.26. The molecule has 3 aromatic rings. The molecule has 7 nitrogen and oxygen atoms in total. The van der Waals surface area contributed by atoms with E-state index in [1.807, 2.05) is 30.1 Å². The van der Waals surface area contributed by atoms with E-state index in [1.54, 1.807) is 37.5 Å². The topological polar surface area (TPSA) is 90.3 Å². The smallest absolute Gasteiger partial charge is 0.421 e. The maximum absolute atomic E-state index is 14.9.